The second-order valence-electron chi connectivity index (χ2n) is 10.7. The van der Waals surface area contributed by atoms with Crippen LogP contribution in [0.4, 0.5) is 0 Å². The molecule has 1 aliphatic heterocycles. The average Bonchev–Trinajstić information content (AvgIpc) is 3.34. The quantitative estimate of drug-likeness (QED) is 0.350. The second-order valence-corrected chi connectivity index (χ2v) is 10.7. The number of Topliss-reactive ketones (excluding diaryl/α,β-unsaturated/α-hetero) is 1. The van der Waals surface area contributed by atoms with Crippen molar-refractivity contribution in [2.45, 2.75) is 39.0 Å². The number of hydrogen-bond acceptors (Lipinski definition) is 8. The third-order valence-electron chi connectivity index (χ3n) is 7.37. The number of nitrogens with zero attached hydrogens (tertiary/aromatic N) is 4. The smallest absolute Gasteiger partial charge is 0.228 e. The maximum Gasteiger partial charge on any atom is 0.228 e. The molecule has 0 amide bonds. The number of rotatable bonds is 6. The molecule has 1 aliphatic carbocycles. The minimum absolute atomic E-state index is 0.0617. The van der Waals surface area contributed by atoms with Gasteiger partial charge in [0.25, 0.3) is 0 Å². The molecule has 2 aliphatic rings. The van der Waals surface area contributed by atoms with E-state index in [0.717, 1.165) is 16.9 Å². The van der Waals surface area contributed by atoms with Crippen molar-refractivity contribution in [2.75, 3.05) is 21.3 Å². The van der Waals surface area contributed by atoms with Crippen molar-refractivity contribution >= 4 is 11.4 Å². The number of methoxy groups -OCH3 is 3. The summed E-state index contributed by atoms with van der Waals surface area (Å²) in [5.74, 6) is 3.34. The van der Waals surface area contributed by atoms with Crippen molar-refractivity contribution < 1.29 is 23.7 Å². The van der Waals surface area contributed by atoms with Gasteiger partial charge in [0, 0.05) is 24.8 Å². The van der Waals surface area contributed by atoms with E-state index in [4.69, 9.17) is 29.0 Å². The van der Waals surface area contributed by atoms with Gasteiger partial charge in [0.1, 0.15) is 17.8 Å². The largest absolute Gasteiger partial charge is 0.497 e. The lowest BCUT2D eigenvalue weighted by Crippen LogP contribution is -2.33. The van der Waals surface area contributed by atoms with E-state index in [1.54, 1.807) is 32.2 Å². The Hall–Kier alpha value is -4.40. The van der Waals surface area contributed by atoms with Crippen LogP contribution in [-0.4, -0.2) is 46.7 Å². The molecular formula is C30H30N4O5. The lowest BCUT2D eigenvalue weighted by atomic mass is 9.70. The topological polar surface area (TPSA) is 97.1 Å². The first kappa shape index (κ1) is 24.9. The highest BCUT2D eigenvalue weighted by atomic mass is 16.5. The van der Waals surface area contributed by atoms with Crippen LogP contribution in [0.25, 0.3) is 5.65 Å². The first-order chi connectivity index (χ1) is 18.8. The minimum atomic E-state index is -0.443. The highest BCUT2D eigenvalue weighted by Gasteiger charge is 2.44. The Labute approximate surface area is 226 Å². The molecule has 0 fully saturated rings. The SMILES string of the molecule is COc1ccc(Cc2nc3c4c(ncn3n2)OC2=C(C(=O)CC(C)(C)C2)[C@H]4c2ccc(OC)c(OC)c2)cc1. The van der Waals surface area contributed by atoms with Crippen LogP contribution in [0.1, 0.15) is 55.1 Å². The van der Waals surface area contributed by atoms with Crippen molar-refractivity contribution in [1.29, 1.82) is 0 Å². The Balaban J connectivity index is 1.51. The summed E-state index contributed by atoms with van der Waals surface area (Å²) in [4.78, 5) is 23.2. The normalized spacial score (nSPS) is 17.9. The molecule has 4 aromatic rings. The molecule has 3 heterocycles. The molecule has 1 atom stereocenters. The van der Waals surface area contributed by atoms with Crippen LogP contribution in [0.2, 0.25) is 0 Å². The summed E-state index contributed by atoms with van der Waals surface area (Å²) in [6, 6.07) is 13.5. The summed E-state index contributed by atoms with van der Waals surface area (Å²) >= 11 is 0. The number of allylic oxidation sites excluding steroid dienone is 2. The summed E-state index contributed by atoms with van der Waals surface area (Å²) in [5, 5.41) is 4.70. The average molecular weight is 527 g/mol. The van der Waals surface area contributed by atoms with Gasteiger partial charge in [-0.05, 0) is 40.8 Å². The van der Waals surface area contributed by atoms with Gasteiger partial charge in [-0.2, -0.15) is 0 Å². The summed E-state index contributed by atoms with van der Waals surface area (Å²) in [5.41, 5.74) is 3.67. The van der Waals surface area contributed by atoms with E-state index in [1.165, 1.54) is 0 Å². The van der Waals surface area contributed by atoms with Gasteiger partial charge in [0.05, 0.1) is 32.8 Å². The zero-order valence-corrected chi connectivity index (χ0v) is 22.6. The van der Waals surface area contributed by atoms with Gasteiger partial charge >= 0.3 is 0 Å². The lowest BCUT2D eigenvalue weighted by Gasteiger charge is -2.37. The Kier molecular flexibility index (Phi) is 6.01. The van der Waals surface area contributed by atoms with E-state index < -0.39 is 5.92 Å². The third kappa shape index (κ3) is 4.37. The fraction of sp³-hybridized carbons (Fsp3) is 0.333. The lowest BCUT2D eigenvalue weighted by molar-refractivity contribution is -0.118. The highest BCUT2D eigenvalue weighted by Crippen LogP contribution is 2.51. The van der Waals surface area contributed by atoms with Crippen LogP contribution in [0, 0.1) is 5.41 Å². The molecule has 200 valence electrons. The van der Waals surface area contributed by atoms with Gasteiger partial charge in [-0.1, -0.05) is 32.0 Å². The summed E-state index contributed by atoms with van der Waals surface area (Å²) in [6.07, 6.45) is 3.22. The molecule has 0 radical (unpaired) electrons. The minimum Gasteiger partial charge on any atom is -0.497 e. The van der Waals surface area contributed by atoms with Crippen LogP contribution < -0.4 is 18.9 Å². The molecule has 0 bridgehead atoms. The second kappa shape index (κ2) is 9.41. The molecule has 0 spiro atoms. The Morgan fingerprint density at radius 3 is 2.49 bits per heavy atom. The number of ketones is 1. The van der Waals surface area contributed by atoms with Crippen LogP contribution in [-0.2, 0) is 11.2 Å². The van der Waals surface area contributed by atoms with Gasteiger partial charge in [0.15, 0.2) is 28.8 Å². The van der Waals surface area contributed by atoms with E-state index >= 15 is 0 Å². The van der Waals surface area contributed by atoms with Gasteiger partial charge in [-0.3, -0.25) is 4.79 Å². The van der Waals surface area contributed by atoms with Crippen LogP contribution in [0.3, 0.4) is 0 Å². The molecule has 0 saturated carbocycles. The number of carbonyl (C=O) groups excluding carboxylic acids is 1. The summed E-state index contributed by atoms with van der Waals surface area (Å²) < 4.78 is 24.4. The van der Waals surface area contributed by atoms with Gasteiger partial charge in [-0.25, -0.2) is 14.5 Å². The van der Waals surface area contributed by atoms with E-state index in [2.05, 4.69) is 18.8 Å². The predicted molar refractivity (Wildman–Crippen MR) is 144 cm³/mol. The first-order valence-corrected chi connectivity index (χ1v) is 12.8. The number of hydrogen-bond donors (Lipinski definition) is 0. The van der Waals surface area contributed by atoms with E-state index in [9.17, 15) is 4.79 Å². The van der Waals surface area contributed by atoms with Crippen molar-refractivity contribution in [3.8, 4) is 23.1 Å². The number of aromatic nitrogens is 4. The third-order valence-corrected chi connectivity index (χ3v) is 7.37. The van der Waals surface area contributed by atoms with Crippen molar-refractivity contribution in [1.82, 2.24) is 19.6 Å². The predicted octanol–water partition coefficient (Wildman–Crippen LogP) is 4.91. The van der Waals surface area contributed by atoms with E-state index in [0.29, 0.717) is 65.0 Å². The maximum atomic E-state index is 13.7. The van der Waals surface area contributed by atoms with Crippen molar-refractivity contribution in [3.05, 3.63) is 82.6 Å². The summed E-state index contributed by atoms with van der Waals surface area (Å²) in [7, 11) is 4.84. The molecule has 2 aromatic heterocycles. The van der Waals surface area contributed by atoms with Gasteiger partial charge in [-0.15, -0.1) is 5.10 Å². The number of carbonyl (C=O) groups is 1. The highest BCUT2D eigenvalue weighted by molar-refractivity contribution is 6.00. The molecule has 2 aromatic carbocycles. The zero-order chi connectivity index (χ0) is 27.3. The van der Waals surface area contributed by atoms with E-state index in [-0.39, 0.29) is 11.2 Å². The molecule has 0 saturated heterocycles. The zero-order valence-electron chi connectivity index (χ0n) is 22.6. The van der Waals surface area contributed by atoms with Gasteiger partial charge in [0.2, 0.25) is 5.88 Å². The number of ether oxygens (including phenoxy) is 4. The van der Waals surface area contributed by atoms with Crippen molar-refractivity contribution in [3.63, 3.8) is 0 Å². The van der Waals surface area contributed by atoms with Crippen LogP contribution >= 0.6 is 0 Å². The monoisotopic (exact) mass is 526 g/mol. The molecule has 9 heteroatoms. The molecule has 0 N–H and O–H groups in total. The number of fused-ring (bicyclic) bond motifs is 3. The Morgan fingerprint density at radius 1 is 1.00 bits per heavy atom. The Morgan fingerprint density at radius 2 is 1.77 bits per heavy atom. The maximum absolute atomic E-state index is 13.7. The van der Waals surface area contributed by atoms with Crippen LogP contribution in [0.5, 0.6) is 23.1 Å². The molecular weight excluding hydrogens is 496 g/mol. The van der Waals surface area contributed by atoms with Gasteiger partial charge < -0.3 is 18.9 Å². The standard InChI is InChI=1S/C30H30N4O5/c1-30(2)14-20(35)26-23(15-30)39-29-27(25(26)18-8-11-21(37-4)22(13-18)38-5)28-32-24(33-34(28)16-31-29)12-17-6-9-19(36-3)10-7-17/h6-11,13,16,25H,12,14-15H2,1-5H3/t25-/m1/s1. The van der Waals surface area contributed by atoms with E-state index in [1.807, 2.05) is 42.5 Å². The summed E-state index contributed by atoms with van der Waals surface area (Å²) in [6.45, 7) is 4.17. The fourth-order valence-electron chi connectivity index (χ4n) is 5.56. The molecule has 6 rings (SSSR count). The fourth-order valence-corrected chi connectivity index (χ4v) is 5.56. The Bertz CT molecular complexity index is 1620. The first-order valence-electron chi connectivity index (χ1n) is 12.8. The molecule has 39 heavy (non-hydrogen) atoms. The molecule has 9 nitrogen and oxygen atoms in total. The van der Waals surface area contributed by atoms with Crippen LogP contribution in [0.15, 0.2) is 60.1 Å². The van der Waals surface area contributed by atoms with Crippen molar-refractivity contribution in [2.24, 2.45) is 5.41 Å². The molecule has 0 unspecified atom stereocenters. The number of benzene rings is 2.